The molecule has 1 heterocycles. The lowest BCUT2D eigenvalue weighted by molar-refractivity contribution is -0.125. The van der Waals surface area contributed by atoms with Crippen molar-refractivity contribution >= 4 is 39.1 Å². The number of nitrogens with zero attached hydrogens (tertiary/aromatic N) is 1. The van der Waals surface area contributed by atoms with E-state index in [0.717, 1.165) is 0 Å². The molecule has 0 aliphatic carbocycles. The quantitative estimate of drug-likeness (QED) is 0.907. The number of benzene rings is 1. The van der Waals surface area contributed by atoms with Gasteiger partial charge in [0.1, 0.15) is 0 Å². The molecular weight excluding hydrogens is 335 g/mol. The minimum atomic E-state index is -3.63. The summed E-state index contributed by atoms with van der Waals surface area (Å²) in [7, 11) is -2.05. The van der Waals surface area contributed by atoms with Crippen LogP contribution in [0, 0.1) is 5.92 Å². The molecular formula is C13H16Cl2N2O3S. The number of halogens is 2. The van der Waals surface area contributed by atoms with E-state index in [1.54, 1.807) is 7.05 Å². The molecule has 116 valence electrons. The summed E-state index contributed by atoms with van der Waals surface area (Å²) in [5.41, 5.74) is 0. The van der Waals surface area contributed by atoms with Gasteiger partial charge in [0.2, 0.25) is 15.9 Å². The van der Waals surface area contributed by atoms with Gasteiger partial charge in [-0.05, 0) is 31.0 Å². The van der Waals surface area contributed by atoms with Crippen LogP contribution in [0.3, 0.4) is 0 Å². The fourth-order valence-corrected chi connectivity index (χ4v) is 4.59. The van der Waals surface area contributed by atoms with E-state index in [1.165, 1.54) is 22.5 Å². The SMILES string of the molecule is CNC(=O)C1CCN(S(=O)(=O)c2cc(Cl)cc(Cl)c2)CC1. The Hall–Kier alpha value is -0.820. The van der Waals surface area contributed by atoms with Crippen LogP contribution in [0.25, 0.3) is 0 Å². The Labute approximate surface area is 134 Å². The molecule has 8 heteroatoms. The Morgan fingerprint density at radius 1 is 1.19 bits per heavy atom. The Morgan fingerprint density at radius 3 is 2.19 bits per heavy atom. The number of nitrogens with one attached hydrogen (secondary N) is 1. The van der Waals surface area contributed by atoms with Crippen LogP contribution in [-0.2, 0) is 14.8 Å². The van der Waals surface area contributed by atoms with Crippen LogP contribution in [0.2, 0.25) is 10.0 Å². The fourth-order valence-electron chi connectivity index (χ4n) is 2.39. The predicted octanol–water partition coefficient (Wildman–Crippen LogP) is 2.14. The predicted molar refractivity (Wildman–Crippen MR) is 82.0 cm³/mol. The number of carbonyl (C=O) groups excluding carboxylic acids is 1. The van der Waals surface area contributed by atoms with E-state index in [0.29, 0.717) is 25.9 Å². The van der Waals surface area contributed by atoms with Crippen LogP contribution >= 0.6 is 23.2 Å². The first-order valence-corrected chi connectivity index (χ1v) is 8.72. The van der Waals surface area contributed by atoms with Gasteiger partial charge in [0.25, 0.3) is 0 Å². The number of rotatable bonds is 3. The molecule has 1 saturated heterocycles. The van der Waals surface area contributed by atoms with Crippen LogP contribution in [0.15, 0.2) is 23.1 Å². The summed E-state index contributed by atoms with van der Waals surface area (Å²) in [4.78, 5) is 11.7. The maximum Gasteiger partial charge on any atom is 0.243 e. The molecule has 0 radical (unpaired) electrons. The van der Waals surface area contributed by atoms with Crippen LogP contribution in [0.5, 0.6) is 0 Å². The molecule has 5 nitrogen and oxygen atoms in total. The van der Waals surface area contributed by atoms with Crippen molar-refractivity contribution < 1.29 is 13.2 Å². The van der Waals surface area contributed by atoms with Crippen molar-refractivity contribution in [1.29, 1.82) is 0 Å². The van der Waals surface area contributed by atoms with Gasteiger partial charge in [-0.2, -0.15) is 4.31 Å². The molecule has 21 heavy (non-hydrogen) atoms. The highest BCUT2D eigenvalue weighted by atomic mass is 35.5. The summed E-state index contributed by atoms with van der Waals surface area (Å²) < 4.78 is 26.5. The molecule has 1 aromatic rings. The molecule has 0 atom stereocenters. The largest absolute Gasteiger partial charge is 0.359 e. The standard InChI is InChI=1S/C13H16Cl2N2O3S/c1-16-13(18)9-2-4-17(5-3-9)21(19,20)12-7-10(14)6-11(15)8-12/h6-9H,2-5H2,1H3,(H,16,18). The highest BCUT2D eigenvalue weighted by Gasteiger charge is 2.32. The molecule has 0 saturated carbocycles. The third-order valence-electron chi connectivity index (χ3n) is 3.54. The number of sulfonamides is 1. The molecule has 0 aromatic heterocycles. The van der Waals surface area contributed by atoms with Crippen molar-refractivity contribution in [3.63, 3.8) is 0 Å². The topological polar surface area (TPSA) is 66.5 Å². The molecule has 2 rings (SSSR count). The lowest BCUT2D eigenvalue weighted by Gasteiger charge is -2.30. The molecule has 1 N–H and O–H groups in total. The number of carbonyl (C=O) groups is 1. The van der Waals surface area contributed by atoms with Crippen molar-refractivity contribution in [2.24, 2.45) is 5.92 Å². The van der Waals surface area contributed by atoms with E-state index in [9.17, 15) is 13.2 Å². The highest BCUT2D eigenvalue weighted by molar-refractivity contribution is 7.89. The molecule has 1 fully saturated rings. The first kappa shape index (κ1) is 16.5. The third-order valence-corrected chi connectivity index (χ3v) is 5.86. The molecule has 0 bridgehead atoms. The zero-order chi connectivity index (χ0) is 15.6. The Morgan fingerprint density at radius 2 is 1.71 bits per heavy atom. The van der Waals surface area contributed by atoms with Gasteiger partial charge in [-0.15, -0.1) is 0 Å². The van der Waals surface area contributed by atoms with Gasteiger partial charge < -0.3 is 5.32 Å². The third kappa shape index (κ3) is 3.69. The summed E-state index contributed by atoms with van der Waals surface area (Å²) in [5, 5.41) is 3.15. The Kier molecular flexibility index (Phi) is 5.14. The van der Waals surface area contributed by atoms with Crippen molar-refractivity contribution in [1.82, 2.24) is 9.62 Å². The first-order chi connectivity index (χ1) is 9.84. The van der Waals surface area contributed by atoms with E-state index >= 15 is 0 Å². The second-order valence-corrected chi connectivity index (χ2v) is 7.71. The number of piperidine rings is 1. The van der Waals surface area contributed by atoms with E-state index < -0.39 is 10.0 Å². The van der Waals surface area contributed by atoms with Crippen molar-refractivity contribution in [2.45, 2.75) is 17.7 Å². The summed E-state index contributed by atoms with van der Waals surface area (Å²) in [6.07, 6.45) is 1.01. The summed E-state index contributed by atoms with van der Waals surface area (Å²) >= 11 is 11.7. The fraction of sp³-hybridized carbons (Fsp3) is 0.462. The van der Waals surface area contributed by atoms with Crippen LogP contribution < -0.4 is 5.32 Å². The molecule has 0 spiro atoms. The van der Waals surface area contributed by atoms with Crippen LogP contribution in [-0.4, -0.2) is 38.8 Å². The Bertz CT molecular complexity index is 621. The minimum absolute atomic E-state index is 0.0437. The summed E-state index contributed by atoms with van der Waals surface area (Å²) in [5.74, 6) is -0.178. The highest BCUT2D eigenvalue weighted by Crippen LogP contribution is 2.27. The average molecular weight is 351 g/mol. The second-order valence-electron chi connectivity index (χ2n) is 4.90. The van der Waals surface area contributed by atoms with Gasteiger partial charge in [0.15, 0.2) is 0 Å². The van der Waals surface area contributed by atoms with Gasteiger partial charge in [-0.25, -0.2) is 8.42 Å². The maximum atomic E-state index is 12.5. The summed E-state index contributed by atoms with van der Waals surface area (Å²) in [6, 6.07) is 4.25. The summed E-state index contributed by atoms with van der Waals surface area (Å²) in [6.45, 7) is 0.620. The van der Waals surface area contributed by atoms with Gasteiger partial charge in [-0.1, -0.05) is 23.2 Å². The van der Waals surface area contributed by atoms with E-state index in [2.05, 4.69) is 5.32 Å². The zero-order valence-electron chi connectivity index (χ0n) is 11.5. The van der Waals surface area contributed by atoms with Gasteiger partial charge in [-0.3, -0.25) is 4.79 Å². The van der Waals surface area contributed by atoms with Crippen molar-refractivity contribution in [3.05, 3.63) is 28.2 Å². The molecule has 1 aromatic carbocycles. The molecule has 1 aliphatic heterocycles. The minimum Gasteiger partial charge on any atom is -0.359 e. The van der Waals surface area contributed by atoms with E-state index in [-0.39, 0.29) is 26.8 Å². The van der Waals surface area contributed by atoms with Crippen LogP contribution in [0.4, 0.5) is 0 Å². The normalized spacial score (nSPS) is 17.7. The monoisotopic (exact) mass is 350 g/mol. The molecule has 1 amide bonds. The number of amides is 1. The lowest BCUT2D eigenvalue weighted by atomic mass is 9.97. The maximum absolute atomic E-state index is 12.5. The average Bonchev–Trinajstić information content (AvgIpc) is 2.45. The van der Waals surface area contributed by atoms with E-state index in [1.807, 2.05) is 0 Å². The van der Waals surface area contributed by atoms with Crippen LogP contribution in [0.1, 0.15) is 12.8 Å². The number of hydrogen-bond donors (Lipinski definition) is 1. The van der Waals surface area contributed by atoms with Gasteiger partial charge in [0, 0.05) is 36.1 Å². The van der Waals surface area contributed by atoms with Gasteiger partial charge >= 0.3 is 0 Å². The zero-order valence-corrected chi connectivity index (χ0v) is 13.8. The van der Waals surface area contributed by atoms with Crippen molar-refractivity contribution in [3.8, 4) is 0 Å². The van der Waals surface area contributed by atoms with E-state index in [4.69, 9.17) is 23.2 Å². The lowest BCUT2D eigenvalue weighted by Crippen LogP contribution is -2.42. The smallest absolute Gasteiger partial charge is 0.243 e. The molecule has 0 unspecified atom stereocenters. The Balaban J connectivity index is 2.16. The van der Waals surface area contributed by atoms with Crippen molar-refractivity contribution in [2.75, 3.05) is 20.1 Å². The first-order valence-electron chi connectivity index (χ1n) is 6.52. The van der Waals surface area contributed by atoms with Gasteiger partial charge in [0.05, 0.1) is 4.90 Å². The second kappa shape index (κ2) is 6.52. The number of hydrogen-bond acceptors (Lipinski definition) is 3. The molecule has 1 aliphatic rings.